The van der Waals surface area contributed by atoms with Crippen molar-refractivity contribution in [2.75, 3.05) is 18.0 Å². The summed E-state index contributed by atoms with van der Waals surface area (Å²) < 4.78 is 7.98. The highest BCUT2D eigenvalue weighted by Gasteiger charge is 2.26. The van der Waals surface area contributed by atoms with Crippen molar-refractivity contribution < 1.29 is 9.21 Å². The summed E-state index contributed by atoms with van der Waals surface area (Å²) in [6.45, 7) is 0.933. The maximum Gasteiger partial charge on any atom is 0.298 e. The van der Waals surface area contributed by atoms with E-state index in [-0.39, 0.29) is 18.4 Å². The van der Waals surface area contributed by atoms with Crippen molar-refractivity contribution in [3.05, 3.63) is 48.7 Å². The molecule has 3 heterocycles. The van der Waals surface area contributed by atoms with Gasteiger partial charge in [-0.05, 0) is 47.9 Å². The molecule has 0 bridgehead atoms. The van der Waals surface area contributed by atoms with Crippen molar-refractivity contribution in [2.45, 2.75) is 12.5 Å². The molecule has 5 rings (SSSR count). The zero-order valence-electron chi connectivity index (χ0n) is 15.1. The first kappa shape index (κ1) is 16.1. The Labute approximate surface area is 156 Å². The molecule has 0 amide bonds. The molecule has 2 aromatic carbocycles. The Kier molecular flexibility index (Phi) is 3.55. The highest BCUT2D eigenvalue weighted by molar-refractivity contribution is 5.90. The number of aryl methyl sites for hydroxylation is 1. The summed E-state index contributed by atoms with van der Waals surface area (Å²) >= 11 is 0. The highest BCUT2D eigenvalue weighted by atomic mass is 16.4. The van der Waals surface area contributed by atoms with Crippen molar-refractivity contribution in [1.29, 1.82) is 0 Å². The fourth-order valence-corrected chi connectivity index (χ4v) is 3.69. The van der Waals surface area contributed by atoms with Crippen LogP contribution in [0.3, 0.4) is 0 Å². The molecule has 2 aromatic heterocycles. The molecule has 0 radical (unpaired) electrons. The van der Waals surface area contributed by atoms with Gasteiger partial charge in [-0.1, -0.05) is 12.1 Å². The summed E-state index contributed by atoms with van der Waals surface area (Å²) in [6, 6.07) is 14.7. The van der Waals surface area contributed by atoms with Crippen LogP contribution in [0.2, 0.25) is 0 Å². The molecule has 1 saturated heterocycles. The quantitative estimate of drug-likeness (QED) is 0.594. The van der Waals surface area contributed by atoms with Gasteiger partial charge in [0.2, 0.25) is 0 Å². The van der Waals surface area contributed by atoms with Crippen LogP contribution in [0.25, 0.3) is 33.1 Å². The van der Waals surface area contributed by atoms with Gasteiger partial charge in [-0.3, -0.25) is 4.79 Å². The molecule has 27 heavy (non-hydrogen) atoms. The Bertz CT molecular complexity index is 1170. The third kappa shape index (κ3) is 2.69. The van der Waals surface area contributed by atoms with Gasteiger partial charge in [0.15, 0.2) is 11.4 Å². The Balaban J connectivity index is 1.50. The summed E-state index contributed by atoms with van der Waals surface area (Å²) in [4.78, 5) is 18.4. The van der Waals surface area contributed by atoms with Crippen LogP contribution < -0.4 is 10.6 Å². The predicted octanol–water partition coefficient (Wildman–Crippen LogP) is 3.09. The van der Waals surface area contributed by atoms with Gasteiger partial charge in [0.05, 0.1) is 12.6 Å². The minimum Gasteiger partial charge on any atom is -0.423 e. The number of oxazole rings is 1. The number of nitrogens with zero attached hydrogens (tertiary/aromatic N) is 3. The van der Waals surface area contributed by atoms with Gasteiger partial charge in [-0.15, -0.1) is 0 Å². The van der Waals surface area contributed by atoms with Crippen molar-refractivity contribution in [2.24, 2.45) is 12.8 Å². The number of hydrogen-bond acceptors (Lipinski definition) is 5. The predicted molar refractivity (Wildman–Crippen MR) is 106 cm³/mol. The average molecular weight is 360 g/mol. The number of carbonyl (C=O) groups is 1. The normalized spacial score (nSPS) is 17.9. The van der Waals surface area contributed by atoms with Crippen LogP contribution in [-0.4, -0.2) is 34.5 Å². The smallest absolute Gasteiger partial charge is 0.298 e. The SMILES string of the molecule is Cn1ccc2cc(-c3ccc4oc(N5CCC(N)C(=O)C5)nc4c3)ccc21. The number of hydrogen-bond donors (Lipinski definition) is 1. The summed E-state index contributed by atoms with van der Waals surface area (Å²) in [5.74, 6) is 0.0281. The Morgan fingerprint density at radius 1 is 1.15 bits per heavy atom. The van der Waals surface area contributed by atoms with Gasteiger partial charge in [-0.25, -0.2) is 0 Å². The number of fused-ring (bicyclic) bond motifs is 2. The lowest BCUT2D eigenvalue weighted by Crippen LogP contribution is -2.47. The molecule has 1 unspecified atom stereocenters. The molecular formula is C21H20N4O2. The molecule has 6 heteroatoms. The number of ketones is 1. The third-order valence-electron chi connectivity index (χ3n) is 5.34. The Morgan fingerprint density at radius 2 is 1.96 bits per heavy atom. The van der Waals surface area contributed by atoms with E-state index >= 15 is 0 Å². The number of nitrogens with two attached hydrogens (primary N) is 1. The van der Waals surface area contributed by atoms with E-state index in [0.717, 1.165) is 22.2 Å². The van der Waals surface area contributed by atoms with E-state index in [2.05, 4.69) is 40.0 Å². The van der Waals surface area contributed by atoms with Gasteiger partial charge in [0, 0.05) is 30.7 Å². The minimum atomic E-state index is -0.370. The van der Waals surface area contributed by atoms with Crippen LogP contribution >= 0.6 is 0 Å². The van der Waals surface area contributed by atoms with Crippen LogP contribution in [0.4, 0.5) is 6.01 Å². The molecule has 1 fully saturated rings. The van der Waals surface area contributed by atoms with Crippen LogP contribution in [-0.2, 0) is 11.8 Å². The number of anilines is 1. The van der Waals surface area contributed by atoms with E-state index in [4.69, 9.17) is 10.2 Å². The molecular weight excluding hydrogens is 340 g/mol. The van der Waals surface area contributed by atoms with Crippen LogP contribution in [0.1, 0.15) is 6.42 Å². The second kappa shape index (κ2) is 5.96. The maximum atomic E-state index is 11.9. The first-order valence-electron chi connectivity index (χ1n) is 9.08. The average Bonchev–Trinajstić information content (AvgIpc) is 3.27. The van der Waals surface area contributed by atoms with Crippen LogP contribution in [0.5, 0.6) is 0 Å². The second-order valence-electron chi connectivity index (χ2n) is 7.16. The number of aromatic nitrogens is 2. The van der Waals surface area contributed by atoms with Crippen molar-refractivity contribution >= 4 is 33.8 Å². The zero-order valence-corrected chi connectivity index (χ0v) is 15.1. The molecule has 6 nitrogen and oxygen atoms in total. The van der Waals surface area contributed by atoms with Gasteiger partial charge in [0.25, 0.3) is 6.01 Å². The lowest BCUT2D eigenvalue weighted by molar-refractivity contribution is -0.119. The first-order chi connectivity index (χ1) is 13.1. The molecule has 1 aliphatic heterocycles. The fraction of sp³-hybridized carbons (Fsp3) is 0.238. The topological polar surface area (TPSA) is 77.3 Å². The summed E-state index contributed by atoms with van der Waals surface area (Å²) in [5, 5.41) is 1.21. The van der Waals surface area contributed by atoms with Crippen molar-refractivity contribution in [3.8, 4) is 11.1 Å². The molecule has 2 N–H and O–H groups in total. The molecule has 1 aliphatic rings. The number of piperidine rings is 1. The number of carbonyl (C=O) groups excluding carboxylic acids is 1. The van der Waals surface area contributed by atoms with Crippen LogP contribution in [0, 0.1) is 0 Å². The van der Waals surface area contributed by atoms with E-state index in [9.17, 15) is 4.79 Å². The Morgan fingerprint density at radius 3 is 2.81 bits per heavy atom. The van der Waals surface area contributed by atoms with Gasteiger partial charge in [0.1, 0.15) is 5.52 Å². The monoisotopic (exact) mass is 360 g/mol. The lowest BCUT2D eigenvalue weighted by Gasteiger charge is -2.27. The van der Waals surface area contributed by atoms with Crippen LogP contribution in [0.15, 0.2) is 53.1 Å². The Hall–Kier alpha value is -3.12. The van der Waals surface area contributed by atoms with E-state index in [0.29, 0.717) is 19.0 Å². The minimum absolute atomic E-state index is 0.0281. The standard InChI is InChI=1S/C21H20N4O2/c1-24-8-6-15-10-13(2-4-18(15)24)14-3-5-20-17(11-14)23-21(27-20)25-9-7-16(22)19(26)12-25/h2-6,8,10-11,16H,7,9,12,22H2,1H3. The molecule has 4 aromatic rings. The van der Waals surface area contributed by atoms with Gasteiger partial charge < -0.3 is 19.6 Å². The largest absolute Gasteiger partial charge is 0.423 e. The van der Waals surface area contributed by atoms with E-state index in [1.165, 1.54) is 10.9 Å². The second-order valence-corrected chi connectivity index (χ2v) is 7.16. The van der Waals surface area contributed by atoms with E-state index in [1.807, 2.05) is 30.1 Å². The zero-order chi connectivity index (χ0) is 18.5. The number of benzene rings is 2. The molecule has 0 aliphatic carbocycles. The van der Waals surface area contributed by atoms with E-state index in [1.54, 1.807) is 0 Å². The van der Waals surface area contributed by atoms with Gasteiger partial charge >= 0.3 is 0 Å². The number of rotatable bonds is 2. The summed E-state index contributed by atoms with van der Waals surface area (Å²) in [7, 11) is 2.04. The van der Waals surface area contributed by atoms with Gasteiger partial charge in [-0.2, -0.15) is 4.98 Å². The fourth-order valence-electron chi connectivity index (χ4n) is 3.69. The van der Waals surface area contributed by atoms with Crippen molar-refractivity contribution in [3.63, 3.8) is 0 Å². The van der Waals surface area contributed by atoms with E-state index < -0.39 is 0 Å². The maximum absolute atomic E-state index is 11.9. The first-order valence-corrected chi connectivity index (χ1v) is 9.08. The molecule has 0 saturated carbocycles. The number of Topliss-reactive ketones (excluding diaryl/α,β-unsaturated/α-hetero) is 1. The summed E-state index contributed by atoms with van der Waals surface area (Å²) in [6.07, 6.45) is 2.69. The summed E-state index contributed by atoms with van der Waals surface area (Å²) in [5.41, 5.74) is 10.7. The third-order valence-corrected chi connectivity index (χ3v) is 5.34. The molecule has 136 valence electrons. The highest BCUT2D eigenvalue weighted by Crippen LogP contribution is 2.30. The molecule has 1 atom stereocenters. The lowest BCUT2D eigenvalue weighted by atomic mass is 10.0. The molecule has 0 spiro atoms. The van der Waals surface area contributed by atoms with Crippen molar-refractivity contribution in [1.82, 2.24) is 9.55 Å².